The minimum atomic E-state index is -3.74. The quantitative estimate of drug-likeness (QED) is 0.826. The third-order valence-electron chi connectivity index (χ3n) is 3.45. The van der Waals surface area contributed by atoms with E-state index in [4.69, 9.17) is 10.2 Å². The van der Waals surface area contributed by atoms with Crippen LogP contribution >= 0.6 is 11.3 Å². The van der Waals surface area contributed by atoms with Gasteiger partial charge in [-0.15, -0.1) is 11.3 Å². The Labute approximate surface area is 121 Å². The van der Waals surface area contributed by atoms with Gasteiger partial charge in [-0.05, 0) is 18.9 Å². The molecule has 1 fully saturated rings. The lowest BCUT2D eigenvalue weighted by atomic mass is 10.2. The second kappa shape index (κ2) is 6.21. The second-order valence-corrected chi connectivity index (χ2v) is 7.53. The number of rotatable bonds is 6. The number of aliphatic hydroxyl groups is 1. The van der Waals surface area contributed by atoms with Crippen LogP contribution in [0.1, 0.15) is 35.4 Å². The molecule has 8 heteroatoms. The number of sulfonamides is 1. The zero-order valence-corrected chi connectivity index (χ0v) is 12.5. The van der Waals surface area contributed by atoms with E-state index in [0.29, 0.717) is 0 Å². The molecule has 0 aliphatic heterocycles. The summed E-state index contributed by atoms with van der Waals surface area (Å²) >= 11 is 0.895. The number of hydrogen-bond donors (Lipinski definition) is 2. The van der Waals surface area contributed by atoms with Crippen LogP contribution in [0, 0.1) is 0 Å². The first kappa shape index (κ1) is 15.4. The molecule has 2 rings (SSSR count). The third-order valence-corrected chi connectivity index (χ3v) is 6.44. The molecular weight excluding hydrogens is 302 g/mol. The monoisotopic (exact) mass is 319 g/mol. The van der Waals surface area contributed by atoms with Crippen LogP contribution < -0.4 is 0 Å². The molecule has 1 heterocycles. The van der Waals surface area contributed by atoms with Gasteiger partial charge < -0.3 is 10.2 Å². The summed E-state index contributed by atoms with van der Waals surface area (Å²) in [7, 11) is -3.74. The fourth-order valence-corrected chi connectivity index (χ4v) is 5.27. The van der Waals surface area contributed by atoms with Crippen molar-refractivity contribution in [2.45, 2.75) is 36.6 Å². The molecule has 1 aromatic rings. The first-order valence-corrected chi connectivity index (χ1v) is 8.73. The molecule has 0 unspecified atom stereocenters. The van der Waals surface area contributed by atoms with Crippen molar-refractivity contribution >= 4 is 27.3 Å². The number of carbonyl (C=O) groups is 1. The van der Waals surface area contributed by atoms with Crippen LogP contribution in [-0.4, -0.2) is 48.1 Å². The summed E-state index contributed by atoms with van der Waals surface area (Å²) in [5.41, 5.74) is 0. The van der Waals surface area contributed by atoms with Crippen LogP contribution in [0.4, 0.5) is 0 Å². The van der Waals surface area contributed by atoms with Crippen LogP contribution in [0.5, 0.6) is 0 Å². The van der Waals surface area contributed by atoms with E-state index >= 15 is 0 Å². The van der Waals surface area contributed by atoms with E-state index in [1.165, 1.54) is 15.8 Å². The second-order valence-electron chi connectivity index (χ2n) is 4.73. The Morgan fingerprint density at radius 3 is 2.55 bits per heavy atom. The molecule has 1 aliphatic rings. The Kier molecular flexibility index (Phi) is 4.79. The fourth-order valence-electron chi connectivity index (χ4n) is 2.49. The highest BCUT2D eigenvalue weighted by molar-refractivity contribution is 7.89. The Bertz CT molecular complexity index is 574. The van der Waals surface area contributed by atoms with E-state index in [1.807, 2.05) is 0 Å². The molecule has 0 spiro atoms. The van der Waals surface area contributed by atoms with Crippen molar-refractivity contribution in [1.29, 1.82) is 0 Å². The van der Waals surface area contributed by atoms with Crippen LogP contribution in [0.25, 0.3) is 0 Å². The Morgan fingerprint density at radius 1 is 1.40 bits per heavy atom. The number of nitrogens with zero attached hydrogens (tertiary/aromatic N) is 1. The highest BCUT2D eigenvalue weighted by Gasteiger charge is 2.33. The van der Waals surface area contributed by atoms with Crippen molar-refractivity contribution in [3.63, 3.8) is 0 Å². The Hall–Kier alpha value is -0.960. The van der Waals surface area contributed by atoms with Crippen LogP contribution in [0.3, 0.4) is 0 Å². The third kappa shape index (κ3) is 3.03. The van der Waals surface area contributed by atoms with E-state index in [-0.39, 0.29) is 29.0 Å². The van der Waals surface area contributed by atoms with Crippen molar-refractivity contribution in [2.75, 3.05) is 13.2 Å². The predicted molar refractivity (Wildman–Crippen MR) is 74.5 cm³/mol. The van der Waals surface area contributed by atoms with Gasteiger partial charge in [-0.2, -0.15) is 4.31 Å². The van der Waals surface area contributed by atoms with Crippen molar-refractivity contribution < 1.29 is 23.4 Å². The lowest BCUT2D eigenvalue weighted by Gasteiger charge is -2.26. The summed E-state index contributed by atoms with van der Waals surface area (Å²) in [5.74, 6) is -1.13. The maximum Gasteiger partial charge on any atom is 0.345 e. The lowest BCUT2D eigenvalue weighted by Crippen LogP contribution is -2.40. The summed E-state index contributed by atoms with van der Waals surface area (Å²) in [5, 5.41) is 19.3. The Morgan fingerprint density at radius 2 is 2.05 bits per heavy atom. The molecule has 0 atom stereocenters. The van der Waals surface area contributed by atoms with Gasteiger partial charge in [0.1, 0.15) is 4.88 Å². The van der Waals surface area contributed by atoms with Gasteiger partial charge in [0, 0.05) is 18.0 Å². The van der Waals surface area contributed by atoms with Gasteiger partial charge in [-0.1, -0.05) is 12.8 Å². The van der Waals surface area contributed by atoms with Crippen LogP contribution in [0.2, 0.25) is 0 Å². The number of thiophene rings is 1. The largest absolute Gasteiger partial charge is 0.477 e. The highest BCUT2D eigenvalue weighted by atomic mass is 32.2. The lowest BCUT2D eigenvalue weighted by molar-refractivity contribution is 0.0702. The smallest absolute Gasteiger partial charge is 0.345 e. The molecule has 2 N–H and O–H groups in total. The molecule has 0 bridgehead atoms. The molecule has 0 aromatic carbocycles. The highest BCUT2D eigenvalue weighted by Crippen LogP contribution is 2.30. The molecule has 20 heavy (non-hydrogen) atoms. The van der Waals surface area contributed by atoms with Gasteiger partial charge in [0.25, 0.3) is 0 Å². The summed E-state index contributed by atoms with van der Waals surface area (Å²) in [4.78, 5) is 10.9. The van der Waals surface area contributed by atoms with Gasteiger partial charge in [-0.25, -0.2) is 13.2 Å². The normalized spacial score (nSPS) is 16.9. The average molecular weight is 319 g/mol. The predicted octanol–water partition coefficient (Wildman–Crippen LogP) is 1.37. The molecule has 0 saturated heterocycles. The average Bonchev–Trinajstić information content (AvgIpc) is 3.06. The first-order chi connectivity index (χ1) is 9.46. The van der Waals surface area contributed by atoms with Crippen LogP contribution in [-0.2, 0) is 10.0 Å². The first-order valence-electron chi connectivity index (χ1n) is 6.41. The molecular formula is C12H17NO5S2. The Balaban J connectivity index is 2.31. The minimum absolute atomic E-state index is 0.000231. The van der Waals surface area contributed by atoms with Crippen molar-refractivity contribution in [3.8, 4) is 0 Å². The van der Waals surface area contributed by atoms with Gasteiger partial charge in [0.2, 0.25) is 10.0 Å². The molecule has 0 amide bonds. The van der Waals surface area contributed by atoms with E-state index in [2.05, 4.69) is 0 Å². The van der Waals surface area contributed by atoms with Crippen molar-refractivity contribution in [2.24, 2.45) is 0 Å². The fraction of sp³-hybridized carbons (Fsp3) is 0.583. The van der Waals surface area contributed by atoms with Gasteiger partial charge >= 0.3 is 5.97 Å². The molecule has 1 aromatic heterocycles. The molecule has 1 aliphatic carbocycles. The molecule has 0 radical (unpaired) electrons. The van der Waals surface area contributed by atoms with Gasteiger partial charge in [0.15, 0.2) is 0 Å². The molecule has 1 saturated carbocycles. The summed E-state index contributed by atoms with van der Waals surface area (Å²) in [6.07, 6.45) is 3.53. The van der Waals surface area contributed by atoms with E-state index in [9.17, 15) is 13.2 Å². The number of hydrogen-bond acceptors (Lipinski definition) is 5. The zero-order valence-electron chi connectivity index (χ0n) is 10.9. The van der Waals surface area contributed by atoms with Crippen molar-refractivity contribution in [3.05, 3.63) is 16.3 Å². The van der Waals surface area contributed by atoms with E-state index < -0.39 is 16.0 Å². The van der Waals surface area contributed by atoms with E-state index in [0.717, 1.165) is 37.0 Å². The van der Waals surface area contributed by atoms with E-state index in [1.54, 1.807) is 0 Å². The zero-order chi connectivity index (χ0) is 14.8. The summed E-state index contributed by atoms with van der Waals surface area (Å²) in [6.45, 7) is -0.198. The number of aliphatic hydroxyl groups excluding tert-OH is 1. The maximum atomic E-state index is 12.6. The minimum Gasteiger partial charge on any atom is -0.477 e. The topological polar surface area (TPSA) is 94.9 Å². The van der Waals surface area contributed by atoms with Crippen LogP contribution in [0.15, 0.2) is 16.3 Å². The number of carboxylic acid groups (broad SMARTS) is 1. The maximum absolute atomic E-state index is 12.6. The van der Waals surface area contributed by atoms with Gasteiger partial charge in [-0.3, -0.25) is 0 Å². The number of carboxylic acids is 1. The van der Waals surface area contributed by atoms with Gasteiger partial charge in [0.05, 0.1) is 11.5 Å². The summed E-state index contributed by atoms with van der Waals surface area (Å²) < 4.78 is 26.5. The molecule has 112 valence electrons. The summed E-state index contributed by atoms with van der Waals surface area (Å²) in [6, 6.07) is 1.09. The standard InChI is InChI=1S/C12H17NO5S2/c14-6-5-13(9-3-1-2-4-9)20(17,18)10-7-11(12(15)16)19-8-10/h7-9,14H,1-6H2,(H,15,16). The SMILES string of the molecule is O=C(O)c1cc(S(=O)(=O)N(CCO)C2CCCC2)cs1. The molecule has 6 nitrogen and oxygen atoms in total. The van der Waals surface area contributed by atoms with Crippen molar-refractivity contribution in [1.82, 2.24) is 4.31 Å². The number of aromatic carboxylic acids is 1.